The van der Waals surface area contributed by atoms with E-state index in [4.69, 9.17) is 0 Å². The first-order valence-corrected chi connectivity index (χ1v) is 11.7. The number of fused-ring (bicyclic) bond motifs is 2. The molecule has 0 spiro atoms. The van der Waals surface area contributed by atoms with Gasteiger partial charge in [0.15, 0.2) is 11.5 Å². The molecule has 0 aliphatic carbocycles. The van der Waals surface area contributed by atoms with Crippen molar-refractivity contribution in [2.75, 3.05) is 17.2 Å². The minimum absolute atomic E-state index is 0.0231. The fraction of sp³-hybridized carbons (Fsp3) is 0.320. The van der Waals surface area contributed by atoms with Crippen LogP contribution >= 0.6 is 0 Å². The maximum Gasteiger partial charge on any atom is 0.390 e. The molecule has 0 radical (unpaired) electrons. The minimum Gasteiger partial charge on any atom is -0.369 e. The second kappa shape index (κ2) is 8.99. The molecule has 4 heterocycles. The summed E-state index contributed by atoms with van der Waals surface area (Å²) in [5.41, 5.74) is -0.0946. The third kappa shape index (κ3) is 4.52. The number of halogens is 5. The number of nitrogens with zero attached hydrogens (tertiary/aromatic N) is 5. The summed E-state index contributed by atoms with van der Waals surface area (Å²) in [6.45, 7) is 4.15. The highest BCUT2D eigenvalue weighted by atomic mass is 19.4. The van der Waals surface area contributed by atoms with Gasteiger partial charge in [0.2, 0.25) is 5.91 Å². The molecule has 1 aromatic carbocycles. The Bertz CT molecular complexity index is 1580. The van der Waals surface area contributed by atoms with E-state index < -0.39 is 42.1 Å². The molecule has 4 aromatic rings. The molecule has 198 valence electrons. The third-order valence-corrected chi connectivity index (χ3v) is 6.38. The lowest BCUT2D eigenvalue weighted by molar-refractivity contribution is -0.131. The monoisotopic (exact) mass is 531 g/mol. The van der Waals surface area contributed by atoms with Gasteiger partial charge in [-0.3, -0.25) is 4.79 Å². The Balaban J connectivity index is 1.67. The molecule has 0 saturated heterocycles. The van der Waals surface area contributed by atoms with Crippen molar-refractivity contribution in [1.29, 1.82) is 0 Å². The van der Waals surface area contributed by atoms with Crippen LogP contribution in [0.4, 0.5) is 33.6 Å². The lowest BCUT2D eigenvalue weighted by atomic mass is 9.87. The van der Waals surface area contributed by atoms with Gasteiger partial charge in [0.25, 0.3) is 0 Å². The highest BCUT2D eigenvalue weighted by molar-refractivity contribution is 6.06. The summed E-state index contributed by atoms with van der Waals surface area (Å²) in [4.78, 5) is 25.8. The van der Waals surface area contributed by atoms with E-state index in [1.54, 1.807) is 32.0 Å². The summed E-state index contributed by atoms with van der Waals surface area (Å²) in [6, 6.07) is 7.28. The first kappa shape index (κ1) is 25.5. The van der Waals surface area contributed by atoms with Crippen molar-refractivity contribution in [2.45, 2.75) is 45.3 Å². The van der Waals surface area contributed by atoms with E-state index in [2.05, 4.69) is 30.7 Å². The molecule has 38 heavy (non-hydrogen) atoms. The van der Waals surface area contributed by atoms with Crippen LogP contribution in [0.3, 0.4) is 0 Å². The van der Waals surface area contributed by atoms with Gasteiger partial charge in [-0.15, -0.1) is 0 Å². The van der Waals surface area contributed by atoms with Crippen LogP contribution in [0.1, 0.15) is 37.1 Å². The van der Waals surface area contributed by atoms with Crippen LogP contribution in [0.25, 0.3) is 22.6 Å². The van der Waals surface area contributed by atoms with Gasteiger partial charge in [-0.05, 0) is 32.9 Å². The topological polar surface area (TPSA) is 97.6 Å². The summed E-state index contributed by atoms with van der Waals surface area (Å²) in [6.07, 6.45) is -5.53. The third-order valence-electron chi connectivity index (χ3n) is 6.38. The van der Waals surface area contributed by atoms with Crippen molar-refractivity contribution >= 4 is 28.6 Å². The molecule has 2 N–H and O–H groups in total. The Morgan fingerprint density at radius 2 is 1.82 bits per heavy atom. The zero-order valence-electron chi connectivity index (χ0n) is 20.5. The van der Waals surface area contributed by atoms with Gasteiger partial charge >= 0.3 is 6.18 Å². The zero-order valence-corrected chi connectivity index (χ0v) is 20.5. The fourth-order valence-electron chi connectivity index (χ4n) is 4.30. The number of nitrogens with one attached hydrogen (secondary N) is 2. The summed E-state index contributed by atoms with van der Waals surface area (Å²) in [7, 11) is 0. The Morgan fingerprint density at radius 1 is 1.08 bits per heavy atom. The number of benzene rings is 1. The van der Waals surface area contributed by atoms with Crippen LogP contribution in [0.15, 0.2) is 30.3 Å². The summed E-state index contributed by atoms with van der Waals surface area (Å²) < 4.78 is 68.8. The molecule has 0 bridgehead atoms. The molecule has 0 atom stereocenters. The van der Waals surface area contributed by atoms with E-state index in [1.165, 1.54) is 23.7 Å². The Labute approximate surface area is 213 Å². The van der Waals surface area contributed by atoms with Crippen LogP contribution in [-0.2, 0) is 16.8 Å². The van der Waals surface area contributed by atoms with Crippen molar-refractivity contribution in [1.82, 2.24) is 24.7 Å². The highest BCUT2D eigenvalue weighted by Gasteiger charge is 2.43. The standard InChI is InChI=1S/C25H22F5N7O/c1-12-16(27)10-14-18(36-37(22(14)32-12)11-13-6-4-5-7-15(13)26)21-33-19(31-9-8-25(28,29)30)17-20(34-21)35-23(38)24(17,2)3/h4-7,10H,8-9,11H2,1-3H3,(H2,31,33,34,35,38). The molecular formula is C25H22F5N7O. The largest absolute Gasteiger partial charge is 0.390 e. The number of alkyl halides is 3. The van der Waals surface area contributed by atoms with Crippen LogP contribution in [-0.4, -0.2) is 43.4 Å². The molecule has 1 aliphatic heterocycles. The number of aromatic nitrogens is 5. The molecular weight excluding hydrogens is 509 g/mol. The van der Waals surface area contributed by atoms with Gasteiger partial charge in [0, 0.05) is 12.1 Å². The normalized spacial score (nSPS) is 14.6. The second-order valence-corrected chi connectivity index (χ2v) is 9.51. The van der Waals surface area contributed by atoms with E-state index in [1.807, 2.05) is 0 Å². The molecule has 0 unspecified atom stereocenters. The van der Waals surface area contributed by atoms with Gasteiger partial charge in [-0.1, -0.05) is 18.2 Å². The average Bonchev–Trinajstić information content (AvgIpc) is 3.28. The lowest BCUT2D eigenvalue weighted by Gasteiger charge is -2.19. The predicted octanol–water partition coefficient (Wildman–Crippen LogP) is 5.12. The van der Waals surface area contributed by atoms with Gasteiger partial charge < -0.3 is 10.6 Å². The SMILES string of the molecule is Cc1nc2c(cc1F)c(-c1nc(NCCC(F)(F)F)c3c(n1)NC(=O)C3(C)C)nn2Cc1ccccc1F. The van der Waals surface area contributed by atoms with E-state index in [-0.39, 0.29) is 46.4 Å². The van der Waals surface area contributed by atoms with Gasteiger partial charge in [0.05, 0.1) is 35.0 Å². The van der Waals surface area contributed by atoms with Crippen molar-refractivity contribution in [3.8, 4) is 11.5 Å². The van der Waals surface area contributed by atoms with Crippen molar-refractivity contribution < 1.29 is 26.7 Å². The van der Waals surface area contributed by atoms with Gasteiger partial charge in [-0.2, -0.15) is 18.3 Å². The number of pyridine rings is 1. The number of amides is 1. The number of anilines is 2. The summed E-state index contributed by atoms with van der Waals surface area (Å²) >= 11 is 0. The molecule has 13 heteroatoms. The van der Waals surface area contributed by atoms with Crippen molar-refractivity contribution in [3.05, 3.63) is 58.8 Å². The van der Waals surface area contributed by atoms with E-state index in [0.717, 1.165) is 0 Å². The van der Waals surface area contributed by atoms with Crippen LogP contribution in [0.2, 0.25) is 0 Å². The van der Waals surface area contributed by atoms with Crippen molar-refractivity contribution in [2.24, 2.45) is 0 Å². The van der Waals surface area contributed by atoms with Crippen LogP contribution < -0.4 is 10.6 Å². The second-order valence-electron chi connectivity index (χ2n) is 9.51. The fourth-order valence-corrected chi connectivity index (χ4v) is 4.30. The molecule has 8 nitrogen and oxygen atoms in total. The Morgan fingerprint density at radius 3 is 2.53 bits per heavy atom. The lowest BCUT2D eigenvalue weighted by Crippen LogP contribution is -2.28. The molecule has 0 fully saturated rings. The maximum absolute atomic E-state index is 14.6. The van der Waals surface area contributed by atoms with Crippen LogP contribution in [0.5, 0.6) is 0 Å². The quantitative estimate of drug-likeness (QED) is 0.336. The summed E-state index contributed by atoms with van der Waals surface area (Å²) in [5.74, 6) is -1.43. The number of aryl methyl sites for hydroxylation is 1. The smallest absolute Gasteiger partial charge is 0.369 e. The molecule has 1 aliphatic rings. The first-order valence-electron chi connectivity index (χ1n) is 11.7. The summed E-state index contributed by atoms with van der Waals surface area (Å²) in [5, 5.41) is 10.0. The van der Waals surface area contributed by atoms with Crippen LogP contribution in [0, 0.1) is 18.6 Å². The number of carbonyl (C=O) groups is 1. The van der Waals surface area contributed by atoms with Gasteiger partial charge in [-0.25, -0.2) is 28.4 Å². The first-order chi connectivity index (χ1) is 17.8. The Hall–Kier alpha value is -4.16. The minimum atomic E-state index is -4.40. The zero-order chi connectivity index (χ0) is 27.4. The highest BCUT2D eigenvalue weighted by Crippen LogP contribution is 2.42. The molecule has 0 saturated carbocycles. The van der Waals surface area contributed by atoms with E-state index >= 15 is 0 Å². The number of hydrogen-bond acceptors (Lipinski definition) is 6. The van der Waals surface area contributed by atoms with Gasteiger partial charge in [0.1, 0.15) is 29.0 Å². The number of hydrogen-bond donors (Lipinski definition) is 2. The van der Waals surface area contributed by atoms with E-state index in [9.17, 15) is 26.7 Å². The molecule has 5 rings (SSSR count). The Kier molecular flexibility index (Phi) is 6.03. The maximum atomic E-state index is 14.6. The molecule has 3 aromatic heterocycles. The number of carbonyl (C=O) groups excluding carboxylic acids is 1. The number of rotatable bonds is 6. The van der Waals surface area contributed by atoms with Crippen molar-refractivity contribution in [3.63, 3.8) is 0 Å². The predicted molar refractivity (Wildman–Crippen MR) is 130 cm³/mol. The molecule has 1 amide bonds. The average molecular weight is 531 g/mol. The van der Waals surface area contributed by atoms with E-state index in [0.29, 0.717) is 11.1 Å².